The van der Waals surface area contributed by atoms with Crippen molar-refractivity contribution in [1.29, 1.82) is 0 Å². The Morgan fingerprint density at radius 3 is 2.44 bits per heavy atom. The van der Waals surface area contributed by atoms with Crippen LogP contribution in [0.15, 0.2) is 24.3 Å². The van der Waals surface area contributed by atoms with Crippen LogP contribution in [0.3, 0.4) is 0 Å². The molecular weight excluding hydrogens is 240 g/mol. The van der Waals surface area contributed by atoms with E-state index in [1.165, 1.54) is 24.8 Å². The van der Waals surface area contributed by atoms with Crippen molar-refractivity contribution >= 4 is 23.0 Å². The molecule has 0 spiro atoms. The third-order valence-corrected chi connectivity index (χ3v) is 4.10. The largest absolute Gasteiger partial charge is 0.349 e. The number of anilines is 1. The molecular formula is C15H22N2S. The molecule has 1 aromatic rings. The lowest BCUT2D eigenvalue weighted by atomic mass is 9.99. The zero-order chi connectivity index (χ0) is 13.0. The summed E-state index contributed by atoms with van der Waals surface area (Å²) in [7, 11) is 0. The number of benzene rings is 1. The van der Waals surface area contributed by atoms with E-state index in [2.05, 4.69) is 48.3 Å². The van der Waals surface area contributed by atoms with Gasteiger partial charge in [0, 0.05) is 18.8 Å². The smallest absolute Gasteiger partial charge is 0.173 e. The van der Waals surface area contributed by atoms with Gasteiger partial charge in [-0.2, -0.15) is 0 Å². The second kappa shape index (κ2) is 6.19. The van der Waals surface area contributed by atoms with Crippen LogP contribution in [0.2, 0.25) is 0 Å². The van der Waals surface area contributed by atoms with Crippen molar-refractivity contribution in [2.24, 2.45) is 0 Å². The van der Waals surface area contributed by atoms with Crippen molar-refractivity contribution in [3.05, 3.63) is 29.8 Å². The molecule has 0 aromatic heterocycles. The first-order chi connectivity index (χ1) is 8.70. The van der Waals surface area contributed by atoms with E-state index in [0.29, 0.717) is 5.92 Å². The number of nitrogens with one attached hydrogen (secondary N) is 1. The SMILES string of the molecule is CC[C@@H](C)c1ccc(NC(=S)N2CCCC2)cc1. The predicted octanol–water partition coefficient (Wildman–Crippen LogP) is 3.99. The Balaban J connectivity index is 1.95. The Bertz CT molecular complexity index is 393. The lowest BCUT2D eigenvalue weighted by Crippen LogP contribution is -2.31. The third-order valence-electron chi connectivity index (χ3n) is 3.74. The van der Waals surface area contributed by atoms with E-state index < -0.39 is 0 Å². The van der Waals surface area contributed by atoms with E-state index in [9.17, 15) is 0 Å². The number of nitrogens with zero attached hydrogens (tertiary/aromatic N) is 1. The van der Waals surface area contributed by atoms with Crippen LogP contribution in [0, 0.1) is 0 Å². The molecule has 1 heterocycles. The van der Waals surface area contributed by atoms with Gasteiger partial charge in [0.15, 0.2) is 5.11 Å². The summed E-state index contributed by atoms with van der Waals surface area (Å²) in [6.45, 7) is 6.67. The van der Waals surface area contributed by atoms with E-state index in [4.69, 9.17) is 12.2 Å². The number of hydrogen-bond donors (Lipinski definition) is 1. The molecule has 0 amide bonds. The molecule has 1 fully saturated rings. The van der Waals surface area contributed by atoms with Crippen LogP contribution < -0.4 is 5.32 Å². The summed E-state index contributed by atoms with van der Waals surface area (Å²) in [5.74, 6) is 0.629. The highest BCUT2D eigenvalue weighted by molar-refractivity contribution is 7.80. The first-order valence-corrected chi connectivity index (χ1v) is 7.27. The van der Waals surface area contributed by atoms with E-state index in [-0.39, 0.29) is 0 Å². The molecule has 98 valence electrons. The Labute approximate surface area is 115 Å². The van der Waals surface area contributed by atoms with Gasteiger partial charge in [-0.15, -0.1) is 0 Å². The van der Waals surface area contributed by atoms with Gasteiger partial charge in [0.05, 0.1) is 0 Å². The van der Waals surface area contributed by atoms with Crippen LogP contribution in [-0.2, 0) is 0 Å². The van der Waals surface area contributed by atoms with Gasteiger partial charge in [0.2, 0.25) is 0 Å². The zero-order valence-electron chi connectivity index (χ0n) is 11.3. The molecule has 1 aliphatic rings. The Kier molecular flexibility index (Phi) is 4.59. The lowest BCUT2D eigenvalue weighted by molar-refractivity contribution is 0.528. The Hall–Kier alpha value is -1.09. The van der Waals surface area contributed by atoms with E-state index in [1.807, 2.05) is 0 Å². The molecule has 1 aromatic carbocycles. The molecule has 1 aliphatic heterocycles. The van der Waals surface area contributed by atoms with Gasteiger partial charge in [-0.25, -0.2) is 0 Å². The van der Waals surface area contributed by atoms with Crippen LogP contribution >= 0.6 is 12.2 Å². The van der Waals surface area contributed by atoms with Crippen molar-refractivity contribution in [3.63, 3.8) is 0 Å². The predicted molar refractivity (Wildman–Crippen MR) is 82.2 cm³/mol. The molecule has 0 aliphatic carbocycles. The van der Waals surface area contributed by atoms with Crippen molar-refractivity contribution in [3.8, 4) is 0 Å². The molecule has 0 radical (unpaired) electrons. The summed E-state index contributed by atoms with van der Waals surface area (Å²) >= 11 is 5.42. The van der Waals surface area contributed by atoms with Gasteiger partial charge in [0.25, 0.3) is 0 Å². The monoisotopic (exact) mass is 262 g/mol. The van der Waals surface area contributed by atoms with Crippen LogP contribution in [0.1, 0.15) is 44.6 Å². The van der Waals surface area contributed by atoms with E-state index in [1.54, 1.807) is 0 Å². The van der Waals surface area contributed by atoms with Crippen molar-refractivity contribution in [2.75, 3.05) is 18.4 Å². The first-order valence-electron chi connectivity index (χ1n) is 6.86. The fraction of sp³-hybridized carbons (Fsp3) is 0.533. The Morgan fingerprint density at radius 1 is 1.28 bits per heavy atom. The molecule has 1 atom stereocenters. The number of hydrogen-bond acceptors (Lipinski definition) is 1. The maximum Gasteiger partial charge on any atom is 0.173 e. The maximum atomic E-state index is 5.42. The van der Waals surface area contributed by atoms with Gasteiger partial charge in [0.1, 0.15) is 0 Å². The topological polar surface area (TPSA) is 15.3 Å². The van der Waals surface area contributed by atoms with Crippen molar-refractivity contribution in [1.82, 2.24) is 4.90 Å². The molecule has 18 heavy (non-hydrogen) atoms. The van der Waals surface area contributed by atoms with Gasteiger partial charge in [-0.05, 0) is 55.1 Å². The van der Waals surface area contributed by atoms with Crippen LogP contribution in [0.5, 0.6) is 0 Å². The summed E-state index contributed by atoms with van der Waals surface area (Å²) in [5, 5.41) is 4.19. The standard InChI is InChI=1S/C15H22N2S/c1-3-12(2)13-6-8-14(9-7-13)16-15(18)17-10-4-5-11-17/h6-9,12H,3-5,10-11H2,1-2H3,(H,16,18)/t12-/m1/s1. The minimum Gasteiger partial charge on any atom is -0.349 e. The molecule has 0 unspecified atom stereocenters. The summed E-state index contributed by atoms with van der Waals surface area (Å²) in [6, 6.07) is 8.65. The number of rotatable bonds is 3. The van der Waals surface area contributed by atoms with Gasteiger partial charge in [-0.3, -0.25) is 0 Å². The first kappa shape index (κ1) is 13.3. The highest BCUT2D eigenvalue weighted by atomic mass is 32.1. The number of thiocarbonyl (C=S) groups is 1. The molecule has 1 saturated heterocycles. The quantitative estimate of drug-likeness (QED) is 0.829. The average molecular weight is 262 g/mol. The molecule has 0 saturated carbocycles. The number of likely N-dealkylation sites (tertiary alicyclic amines) is 1. The third kappa shape index (κ3) is 3.22. The van der Waals surface area contributed by atoms with Gasteiger partial charge in [-0.1, -0.05) is 26.0 Å². The summed E-state index contributed by atoms with van der Waals surface area (Å²) < 4.78 is 0. The molecule has 2 nitrogen and oxygen atoms in total. The normalized spacial score (nSPS) is 16.7. The van der Waals surface area contributed by atoms with Crippen LogP contribution in [-0.4, -0.2) is 23.1 Å². The van der Waals surface area contributed by atoms with Gasteiger partial charge >= 0.3 is 0 Å². The average Bonchev–Trinajstić information content (AvgIpc) is 2.92. The fourth-order valence-electron chi connectivity index (χ4n) is 2.25. The van der Waals surface area contributed by atoms with Crippen LogP contribution in [0.25, 0.3) is 0 Å². The second-order valence-corrected chi connectivity index (χ2v) is 5.44. The molecule has 1 N–H and O–H groups in total. The highest BCUT2D eigenvalue weighted by Gasteiger charge is 2.14. The maximum absolute atomic E-state index is 5.42. The zero-order valence-corrected chi connectivity index (χ0v) is 12.1. The Morgan fingerprint density at radius 2 is 1.89 bits per heavy atom. The molecule has 2 rings (SSSR count). The molecule has 3 heteroatoms. The minimum atomic E-state index is 0.629. The van der Waals surface area contributed by atoms with E-state index in [0.717, 1.165) is 23.9 Å². The summed E-state index contributed by atoms with van der Waals surface area (Å²) in [4.78, 5) is 2.25. The molecule has 0 bridgehead atoms. The van der Waals surface area contributed by atoms with Crippen molar-refractivity contribution < 1.29 is 0 Å². The fourth-order valence-corrected chi connectivity index (χ4v) is 2.55. The summed E-state index contributed by atoms with van der Waals surface area (Å²) in [5.41, 5.74) is 2.49. The summed E-state index contributed by atoms with van der Waals surface area (Å²) in [6.07, 6.45) is 3.70. The van der Waals surface area contributed by atoms with E-state index >= 15 is 0 Å². The van der Waals surface area contributed by atoms with Crippen LogP contribution in [0.4, 0.5) is 5.69 Å². The van der Waals surface area contributed by atoms with Crippen molar-refractivity contribution in [2.45, 2.75) is 39.0 Å². The highest BCUT2D eigenvalue weighted by Crippen LogP contribution is 2.21. The second-order valence-electron chi connectivity index (χ2n) is 5.06. The van der Waals surface area contributed by atoms with Gasteiger partial charge < -0.3 is 10.2 Å². The lowest BCUT2D eigenvalue weighted by Gasteiger charge is -2.20. The minimum absolute atomic E-state index is 0.629.